The fourth-order valence-corrected chi connectivity index (χ4v) is 5.49. The number of nitrogens with zero attached hydrogens (tertiary/aromatic N) is 4. The number of fused-ring (bicyclic) bond motifs is 1. The number of anilines is 1. The Bertz CT molecular complexity index is 1200. The van der Waals surface area contributed by atoms with Crippen molar-refractivity contribution in [2.75, 3.05) is 18.0 Å². The van der Waals surface area contributed by atoms with Gasteiger partial charge in [0, 0.05) is 37.7 Å². The summed E-state index contributed by atoms with van der Waals surface area (Å²) in [5, 5.41) is 0.925. The summed E-state index contributed by atoms with van der Waals surface area (Å²) in [6.07, 6.45) is 7.48. The van der Waals surface area contributed by atoms with Gasteiger partial charge >= 0.3 is 0 Å². The summed E-state index contributed by atoms with van der Waals surface area (Å²) in [5.41, 5.74) is 7.56. The molecule has 32 heavy (non-hydrogen) atoms. The highest BCUT2D eigenvalue weighted by Crippen LogP contribution is 2.46. The van der Waals surface area contributed by atoms with E-state index in [0.29, 0.717) is 52.7 Å². The van der Waals surface area contributed by atoms with Crippen LogP contribution in [0.5, 0.6) is 5.88 Å². The monoisotopic (exact) mass is 473 g/mol. The Labute approximate surface area is 196 Å². The summed E-state index contributed by atoms with van der Waals surface area (Å²) < 4.78 is 7.89. The number of rotatable bonds is 2. The topological polar surface area (TPSA) is 86.3 Å². The maximum atomic E-state index is 13.3. The van der Waals surface area contributed by atoms with Gasteiger partial charge in [0.15, 0.2) is 0 Å². The lowest BCUT2D eigenvalue weighted by atomic mass is 9.83. The van der Waals surface area contributed by atoms with Crippen molar-refractivity contribution in [1.82, 2.24) is 14.5 Å². The van der Waals surface area contributed by atoms with Crippen LogP contribution in [0.4, 0.5) is 5.82 Å². The molecule has 2 aromatic heterocycles. The van der Waals surface area contributed by atoms with Crippen LogP contribution in [0, 0.1) is 13.8 Å². The maximum absolute atomic E-state index is 13.3. The molecule has 2 aromatic rings. The number of allylic oxidation sites excluding steroid dienone is 4. The Morgan fingerprint density at radius 2 is 2.00 bits per heavy atom. The molecule has 1 unspecified atom stereocenters. The summed E-state index contributed by atoms with van der Waals surface area (Å²) in [6, 6.07) is 3.32. The lowest BCUT2D eigenvalue weighted by Crippen LogP contribution is -2.52. The Balaban J connectivity index is 1.41. The zero-order valence-corrected chi connectivity index (χ0v) is 19.5. The van der Waals surface area contributed by atoms with Crippen LogP contribution >= 0.6 is 23.2 Å². The summed E-state index contributed by atoms with van der Waals surface area (Å²) in [7, 11) is 0. The Hall–Kier alpha value is -2.35. The highest BCUT2D eigenvalue weighted by atomic mass is 35.5. The van der Waals surface area contributed by atoms with Crippen molar-refractivity contribution >= 4 is 29.0 Å². The standard InChI is InChI=1S/C23H25Cl2N5O2/c1-13-20(28-14(2)30(22(13)31)17-7-3-6-16(24)18(17)25)29-11-8-23(9-12-29)19(26)15-5-4-10-27-21(15)32-23/h3-6,10,17,19H,7-9,11-12,26H2,1-2H3/t17?,19-/m0/s1. The molecule has 168 valence electrons. The van der Waals surface area contributed by atoms with Crippen LogP contribution in [-0.2, 0) is 0 Å². The fourth-order valence-electron chi connectivity index (χ4n) is 5.03. The van der Waals surface area contributed by atoms with E-state index in [1.54, 1.807) is 16.8 Å². The van der Waals surface area contributed by atoms with Crippen molar-refractivity contribution in [2.24, 2.45) is 5.73 Å². The van der Waals surface area contributed by atoms with Crippen LogP contribution in [0.15, 0.2) is 45.3 Å². The van der Waals surface area contributed by atoms with Gasteiger partial charge in [0.25, 0.3) is 5.56 Å². The van der Waals surface area contributed by atoms with Crippen LogP contribution in [-0.4, -0.2) is 33.2 Å². The van der Waals surface area contributed by atoms with E-state index in [1.165, 1.54) is 0 Å². The molecule has 3 aliphatic rings. The average Bonchev–Trinajstić information content (AvgIpc) is 3.06. The van der Waals surface area contributed by atoms with Gasteiger partial charge in [-0.3, -0.25) is 9.36 Å². The van der Waals surface area contributed by atoms with Crippen LogP contribution in [0.1, 0.15) is 48.3 Å². The molecule has 0 amide bonds. The molecule has 9 heteroatoms. The number of hydrogen-bond donors (Lipinski definition) is 1. The van der Waals surface area contributed by atoms with Crippen LogP contribution < -0.4 is 20.9 Å². The number of nitrogens with two attached hydrogens (primary N) is 1. The molecule has 7 nitrogen and oxygen atoms in total. The number of pyridine rings is 1. The number of aryl methyl sites for hydroxylation is 1. The van der Waals surface area contributed by atoms with Crippen molar-refractivity contribution in [2.45, 2.75) is 50.8 Å². The third-order valence-corrected chi connectivity index (χ3v) is 7.74. The summed E-state index contributed by atoms with van der Waals surface area (Å²) >= 11 is 12.6. The lowest BCUT2D eigenvalue weighted by Gasteiger charge is -2.41. The molecule has 0 bridgehead atoms. The van der Waals surface area contributed by atoms with E-state index in [0.717, 1.165) is 18.4 Å². The molecule has 4 heterocycles. The predicted molar refractivity (Wildman–Crippen MR) is 125 cm³/mol. The van der Waals surface area contributed by atoms with Crippen molar-refractivity contribution < 1.29 is 4.74 Å². The molecule has 0 saturated carbocycles. The third kappa shape index (κ3) is 3.26. The Morgan fingerprint density at radius 3 is 2.72 bits per heavy atom. The number of halogens is 2. The second kappa shape index (κ2) is 7.90. The highest BCUT2D eigenvalue weighted by molar-refractivity contribution is 6.40. The SMILES string of the molecule is Cc1c(N2CCC3(CC2)Oc2ncccc2[C@@H]3N)nc(C)n(C2CC=CC(Cl)=C2Cl)c1=O. The van der Waals surface area contributed by atoms with Gasteiger partial charge in [-0.1, -0.05) is 35.3 Å². The van der Waals surface area contributed by atoms with E-state index < -0.39 is 5.60 Å². The second-order valence-electron chi connectivity index (χ2n) is 8.66. The molecule has 2 atom stereocenters. The van der Waals surface area contributed by atoms with Gasteiger partial charge in [-0.05, 0) is 32.4 Å². The minimum Gasteiger partial charge on any atom is -0.469 e. The van der Waals surface area contributed by atoms with Gasteiger partial charge in [-0.15, -0.1) is 0 Å². The highest BCUT2D eigenvalue weighted by Gasteiger charge is 2.49. The van der Waals surface area contributed by atoms with Gasteiger partial charge in [0.1, 0.15) is 17.2 Å². The molecule has 1 fully saturated rings. The molecular weight excluding hydrogens is 449 g/mol. The second-order valence-corrected chi connectivity index (χ2v) is 9.48. The van der Waals surface area contributed by atoms with E-state index in [4.69, 9.17) is 38.7 Å². The smallest absolute Gasteiger partial charge is 0.259 e. The number of hydrogen-bond acceptors (Lipinski definition) is 6. The maximum Gasteiger partial charge on any atom is 0.259 e. The molecule has 1 saturated heterocycles. The fraction of sp³-hybridized carbons (Fsp3) is 0.435. The van der Waals surface area contributed by atoms with E-state index >= 15 is 0 Å². The summed E-state index contributed by atoms with van der Waals surface area (Å²) in [6.45, 7) is 5.04. The van der Waals surface area contributed by atoms with Gasteiger partial charge in [-0.2, -0.15) is 0 Å². The average molecular weight is 474 g/mol. The Morgan fingerprint density at radius 1 is 1.25 bits per heavy atom. The predicted octanol–water partition coefficient (Wildman–Crippen LogP) is 3.88. The number of ether oxygens (including phenoxy) is 1. The molecule has 2 N–H and O–H groups in total. The van der Waals surface area contributed by atoms with Crippen LogP contribution in [0.3, 0.4) is 0 Å². The van der Waals surface area contributed by atoms with E-state index in [9.17, 15) is 4.79 Å². The number of piperidine rings is 1. The van der Waals surface area contributed by atoms with Gasteiger partial charge in [-0.25, -0.2) is 9.97 Å². The van der Waals surface area contributed by atoms with Gasteiger partial charge in [0.05, 0.1) is 27.7 Å². The minimum absolute atomic E-state index is 0.0962. The first-order chi connectivity index (χ1) is 15.3. The summed E-state index contributed by atoms with van der Waals surface area (Å²) in [4.78, 5) is 24.7. The molecule has 1 aliphatic carbocycles. The molecule has 0 aromatic carbocycles. The van der Waals surface area contributed by atoms with E-state index in [1.807, 2.05) is 32.1 Å². The number of aromatic nitrogens is 3. The quantitative estimate of drug-likeness (QED) is 0.711. The van der Waals surface area contributed by atoms with Gasteiger partial charge in [0.2, 0.25) is 5.88 Å². The summed E-state index contributed by atoms with van der Waals surface area (Å²) in [5.74, 6) is 1.95. The normalized spacial score (nSPS) is 24.1. The first-order valence-corrected chi connectivity index (χ1v) is 11.5. The van der Waals surface area contributed by atoms with Gasteiger partial charge < -0.3 is 15.4 Å². The lowest BCUT2D eigenvalue weighted by molar-refractivity contribution is 0.0397. The molecule has 0 radical (unpaired) electrons. The van der Waals surface area contributed by atoms with Crippen molar-refractivity contribution in [3.8, 4) is 5.88 Å². The first-order valence-electron chi connectivity index (χ1n) is 10.8. The molecular formula is C23H25Cl2N5O2. The van der Waals surface area contributed by atoms with Crippen molar-refractivity contribution in [1.29, 1.82) is 0 Å². The van der Waals surface area contributed by atoms with Crippen LogP contribution in [0.25, 0.3) is 0 Å². The molecule has 1 spiro atoms. The van der Waals surface area contributed by atoms with E-state index in [2.05, 4.69) is 9.88 Å². The minimum atomic E-state index is -0.464. The zero-order valence-electron chi connectivity index (χ0n) is 18.0. The Kier molecular flexibility index (Phi) is 5.31. The van der Waals surface area contributed by atoms with E-state index in [-0.39, 0.29) is 17.6 Å². The molecule has 5 rings (SSSR count). The van der Waals surface area contributed by atoms with Crippen molar-refractivity contribution in [3.63, 3.8) is 0 Å². The molecule has 2 aliphatic heterocycles. The third-order valence-electron chi connectivity index (χ3n) is 6.86. The van der Waals surface area contributed by atoms with Crippen molar-refractivity contribution in [3.05, 3.63) is 67.9 Å². The zero-order chi connectivity index (χ0) is 22.6. The van der Waals surface area contributed by atoms with Crippen LogP contribution in [0.2, 0.25) is 0 Å². The largest absolute Gasteiger partial charge is 0.469 e. The first kappa shape index (κ1) is 21.5.